The van der Waals surface area contributed by atoms with Crippen LogP contribution in [0.5, 0.6) is 0 Å². The SMILES string of the molecule is Cc1nn(C2CCOCC2)c2sc(C(=O)N[C@H]3CC[C@@H](N4CCN(C(=O)O)C(C(C)(C)C)C4)CC3)cc12. The van der Waals surface area contributed by atoms with Gasteiger partial charge in [0.25, 0.3) is 5.91 Å². The molecule has 1 aliphatic carbocycles. The number of aromatic nitrogens is 2. The molecule has 4 heterocycles. The average molecular weight is 532 g/mol. The van der Waals surface area contributed by atoms with Gasteiger partial charge in [-0.1, -0.05) is 20.8 Å². The maximum Gasteiger partial charge on any atom is 0.407 e. The quantitative estimate of drug-likeness (QED) is 0.602. The molecule has 9 nitrogen and oxygen atoms in total. The van der Waals surface area contributed by atoms with Crippen LogP contribution < -0.4 is 5.32 Å². The summed E-state index contributed by atoms with van der Waals surface area (Å²) in [6.45, 7) is 12.0. The Morgan fingerprint density at radius 2 is 1.78 bits per heavy atom. The van der Waals surface area contributed by atoms with Crippen LogP contribution >= 0.6 is 11.3 Å². The number of rotatable bonds is 4. The largest absolute Gasteiger partial charge is 0.465 e. The molecule has 0 aromatic carbocycles. The normalized spacial score (nSPS) is 26.5. The lowest BCUT2D eigenvalue weighted by Gasteiger charge is -2.49. The molecular formula is C27H41N5O4S. The molecule has 3 fully saturated rings. The number of aryl methyl sites for hydroxylation is 1. The van der Waals surface area contributed by atoms with Crippen molar-refractivity contribution in [3.63, 3.8) is 0 Å². The highest BCUT2D eigenvalue weighted by molar-refractivity contribution is 7.20. The van der Waals surface area contributed by atoms with Crippen LogP contribution in [0.15, 0.2) is 6.07 Å². The summed E-state index contributed by atoms with van der Waals surface area (Å²) < 4.78 is 7.64. The van der Waals surface area contributed by atoms with E-state index in [1.807, 2.05) is 13.0 Å². The Bertz CT molecular complexity index is 1120. The van der Waals surface area contributed by atoms with Gasteiger partial charge in [0.1, 0.15) is 4.83 Å². The number of carbonyl (C=O) groups excluding carboxylic acids is 1. The van der Waals surface area contributed by atoms with Gasteiger partial charge >= 0.3 is 6.09 Å². The summed E-state index contributed by atoms with van der Waals surface area (Å²) in [5, 5.41) is 18.8. The van der Waals surface area contributed by atoms with Gasteiger partial charge in [-0.3, -0.25) is 14.4 Å². The van der Waals surface area contributed by atoms with Crippen LogP contribution in [0.25, 0.3) is 10.2 Å². The molecule has 10 heteroatoms. The van der Waals surface area contributed by atoms with E-state index < -0.39 is 6.09 Å². The van der Waals surface area contributed by atoms with Crippen molar-refractivity contribution in [2.75, 3.05) is 32.8 Å². The standard InChI is InChI=1S/C27H41N5O4S/c1-17-21-15-22(37-25(21)32(29-17)20-9-13-36-14-10-20)24(33)28-18-5-7-19(8-6-18)30-11-12-31(26(34)35)23(16-30)27(2,3)4/h15,18-20,23H,5-14,16H2,1-4H3,(H,28,33)(H,34,35)/t18-,19+,23?. The summed E-state index contributed by atoms with van der Waals surface area (Å²) in [6, 6.07) is 2.97. The Balaban J connectivity index is 1.18. The lowest BCUT2D eigenvalue weighted by Crippen LogP contribution is -2.61. The topological polar surface area (TPSA) is 99.9 Å². The molecule has 2 aromatic heterocycles. The molecule has 204 valence electrons. The second kappa shape index (κ2) is 10.5. The van der Waals surface area contributed by atoms with Gasteiger partial charge in [-0.15, -0.1) is 11.3 Å². The van der Waals surface area contributed by atoms with Crippen LogP contribution in [-0.2, 0) is 4.74 Å². The first kappa shape index (κ1) is 26.4. The number of hydrogen-bond donors (Lipinski definition) is 2. The van der Waals surface area contributed by atoms with E-state index in [9.17, 15) is 14.7 Å². The van der Waals surface area contributed by atoms with Gasteiger partial charge in [-0.25, -0.2) is 4.79 Å². The van der Waals surface area contributed by atoms with E-state index in [2.05, 4.69) is 35.7 Å². The highest BCUT2D eigenvalue weighted by atomic mass is 32.1. The van der Waals surface area contributed by atoms with Gasteiger partial charge in [0.05, 0.1) is 22.7 Å². The summed E-state index contributed by atoms with van der Waals surface area (Å²) in [5.74, 6) is 0.0189. The Morgan fingerprint density at radius 3 is 2.43 bits per heavy atom. The Morgan fingerprint density at radius 1 is 1.08 bits per heavy atom. The first-order valence-electron chi connectivity index (χ1n) is 13.7. The molecule has 1 unspecified atom stereocenters. The van der Waals surface area contributed by atoms with E-state index in [0.717, 1.165) is 85.6 Å². The zero-order chi connectivity index (χ0) is 26.3. The smallest absolute Gasteiger partial charge is 0.407 e. The molecule has 2 aromatic rings. The third-order valence-electron chi connectivity index (χ3n) is 8.53. The van der Waals surface area contributed by atoms with E-state index in [-0.39, 0.29) is 23.4 Å². The van der Waals surface area contributed by atoms with Crippen LogP contribution in [0.1, 0.15) is 80.7 Å². The number of piperazine rings is 1. The monoisotopic (exact) mass is 531 g/mol. The first-order valence-corrected chi connectivity index (χ1v) is 14.5. The molecule has 0 bridgehead atoms. The molecule has 2 amide bonds. The van der Waals surface area contributed by atoms with Crippen molar-refractivity contribution in [1.29, 1.82) is 0 Å². The van der Waals surface area contributed by atoms with Crippen molar-refractivity contribution in [3.8, 4) is 0 Å². The van der Waals surface area contributed by atoms with Crippen LogP contribution in [-0.4, -0.2) is 87.7 Å². The lowest BCUT2D eigenvalue weighted by atomic mass is 9.82. The number of ether oxygens (including phenoxy) is 1. The van der Waals surface area contributed by atoms with Crippen LogP contribution in [0.3, 0.4) is 0 Å². The van der Waals surface area contributed by atoms with Crippen LogP contribution in [0.4, 0.5) is 4.79 Å². The van der Waals surface area contributed by atoms with Gasteiger partial charge in [0, 0.05) is 50.3 Å². The summed E-state index contributed by atoms with van der Waals surface area (Å²) in [7, 11) is 0. The number of carbonyl (C=O) groups is 2. The fraction of sp³-hybridized carbons (Fsp3) is 0.741. The molecule has 1 atom stereocenters. The molecule has 0 radical (unpaired) electrons. The van der Waals surface area contributed by atoms with Crippen molar-refractivity contribution in [2.45, 2.75) is 90.4 Å². The minimum atomic E-state index is -0.817. The molecule has 5 rings (SSSR count). The molecule has 1 saturated carbocycles. The first-order chi connectivity index (χ1) is 17.6. The summed E-state index contributed by atoms with van der Waals surface area (Å²) in [6.07, 6.45) is 5.06. The molecule has 3 aliphatic rings. The van der Waals surface area contributed by atoms with E-state index in [4.69, 9.17) is 9.84 Å². The number of amides is 2. The predicted molar refractivity (Wildman–Crippen MR) is 144 cm³/mol. The highest BCUT2D eigenvalue weighted by Crippen LogP contribution is 2.34. The fourth-order valence-electron chi connectivity index (χ4n) is 6.31. The second-order valence-electron chi connectivity index (χ2n) is 12.0. The summed E-state index contributed by atoms with van der Waals surface area (Å²) in [5.41, 5.74) is 0.876. The zero-order valence-corrected chi connectivity index (χ0v) is 23.4. The minimum Gasteiger partial charge on any atom is -0.465 e. The van der Waals surface area contributed by atoms with Crippen molar-refractivity contribution in [1.82, 2.24) is 24.9 Å². The average Bonchev–Trinajstić information content (AvgIpc) is 3.45. The molecule has 37 heavy (non-hydrogen) atoms. The van der Waals surface area contributed by atoms with Gasteiger partial charge in [0.15, 0.2) is 0 Å². The molecule has 2 saturated heterocycles. The Kier molecular flexibility index (Phi) is 7.53. The van der Waals surface area contributed by atoms with Crippen molar-refractivity contribution >= 4 is 33.6 Å². The van der Waals surface area contributed by atoms with Gasteiger partial charge in [-0.2, -0.15) is 5.10 Å². The van der Waals surface area contributed by atoms with E-state index in [0.29, 0.717) is 18.6 Å². The maximum absolute atomic E-state index is 13.2. The molecule has 0 spiro atoms. The number of thiophene rings is 1. The highest BCUT2D eigenvalue weighted by Gasteiger charge is 2.40. The zero-order valence-electron chi connectivity index (χ0n) is 22.5. The van der Waals surface area contributed by atoms with Gasteiger partial charge in [-0.05, 0) is 56.9 Å². The summed E-state index contributed by atoms with van der Waals surface area (Å²) >= 11 is 1.55. The summed E-state index contributed by atoms with van der Waals surface area (Å²) in [4.78, 5) is 30.9. The van der Waals surface area contributed by atoms with E-state index in [1.54, 1.807) is 16.2 Å². The Hall–Kier alpha value is -2.17. The van der Waals surface area contributed by atoms with E-state index >= 15 is 0 Å². The van der Waals surface area contributed by atoms with Gasteiger partial charge in [0.2, 0.25) is 0 Å². The minimum absolute atomic E-state index is 0.00958. The van der Waals surface area contributed by atoms with Gasteiger partial charge < -0.3 is 20.1 Å². The van der Waals surface area contributed by atoms with Crippen molar-refractivity contribution in [2.24, 2.45) is 5.41 Å². The third kappa shape index (κ3) is 5.52. The molecule has 2 aliphatic heterocycles. The molecule has 2 N–H and O–H groups in total. The maximum atomic E-state index is 13.2. The number of fused-ring (bicyclic) bond motifs is 1. The van der Waals surface area contributed by atoms with Crippen molar-refractivity contribution < 1.29 is 19.4 Å². The number of nitrogens with one attached hydrogen (secondary N) is 1. The van der Waals surface area contributed by atoms with Crippen LogP contribution in [0.2, 0.25) is 0 Å². The number of carboxylic acid groups (broad SMARTS) is 1. The second-order valence-corrected chi connectivity index (χ2v) is 13.1. The number of nitrogens with zero attached hydrogens (tertiary/aromatic N) is 4. The van der Waals surface area contributed by atoms with E-state index in [1.165, 1.54) is 0 Å². The lowest BCUT2D eigenvalue weighted by molar-refractivity contribution is -0.00188. The third-order valence-corrected chi connectivity index (χ3v) is 9.66. The fourth-order valence-corrected chi connectivity index (χ4v) is 7.45. The molecular weight excluding hydrogens is 490 g/mol. The van der Waals surface area contributed by atoms with Crippen LogP contribution in [0, 0.1) is 12.3 Å². The Labute approximate surface area is 223 Å². The number of hydrogen-bond acceptors (Lipinski definition) is 6. The van der Waals surface area contributed by atoms with Crippen molar-refractivity contribution in [3.05, 3.63) is 16.6 Å². The predicted octanol–water partition coefficient (Wildman–Crippen LogP) is 4.51.